The minimum atomic E-state index is -1.27. The van der Waals surface area contributed by atoms with E-state index in [0.717, 1.165) is 75.4 Å². The quantitative estimate of drug-likeness (QED) is 0.0149. The molecule has 3 aliphatic heterocycles. The number of benzene rings is 3. The zero-order valence-electron chi connectivity index (χ0n) is 62.7. The molecule has 5 fully saturated rings. The van der Waals surface area contributed by atoms with Crippen LogP contribution >= 0.6 is 11.3 Å². The molecule has 9 amide bonds. The first-order chi connectivity index (χ1) is 52.1. The highest BCUT2D eigenvalue weighted by Crippen LogP contribution is 2.72. The van der Waals surface area contributed by atoms with Crippen LogP contribution in [0.3, 0.4) is 0 Å². The van der Waals surface area contributed by atoms with Crippen molar-refractivity contribution in [2.24, 2.45) is 33.6 Å². The van der Waals surface area contributed by atoms with Gasteiger partial charge in [-0.05, 0) is 191 Å². The molecule has 29 heteroatoms. The summed E-state index contributed by atoms with van der Waals surface area (Å²) in [5.41, 5.74) is 17.2. The Morgan fingerprint density at radius 2 is 1.51 bits per heavy atom. The number of hydrogen-bond donors (Lipinski definition) is 7. The van der Waals surface area contributed by atoms with Gasteiger partial charge in [-0.3, -0.25) is 63.6 Å². The highest BCUT2D eigenvalue weighted by molar-refractivity contribution is 7.22. The first kappa shape index (κ1) is 78.6. The summed E-state index contributed by atoms with van der Waals surface area (Å²) in [7, 11) is 0. The number of aliphatic carboxylic acids is 1. The van der Waals surface area contributed by atoms with Crippen LogP contribution in [-0.4, -0.2) is 180 Å². The van der Waals surface area contributed by atoms with Gasteiger partial charge in [-0.1, -0.05) is 81.9 Å². The number of carbonyl (C=O) groups excluding carboxylic acids is 8. The molecule has 3 aromatic carbocycles. The number of carboxylic acids is 2. The lowest BCUT2D eigenvalue weighted by Crippen LogP contribution is -2.64. The number of urea groups is 1. The Kier molecular flexibility index (Phi) is 24.1. The SMILES string of the molecule is Cc1c(-c2ccc(N3CCc4cccc(C(=O)Nc5nc6ccccc6s5)c4C3)nc2C(=O)O)cnn1CC12CC3(C)CC(C)(C1)CC(OCCN(CCCC(=O)O)C1CCN(C(=O)OCc4ccc(N(C(N)=O)[C@@H](CCCN)C(=O)NC(=O)[C@@H](NC(=O)CCCCCN5C(=O)C=CC5=O)C(C)C)cc4)CC1)(C3)C2. The molecule has 4 saturated carbocycles. The number of carbonyl (C=O) groups is 10. The number of para-hydroxylation sites is 1. The van der Waals surface area contributed by atoms with E-state index in [9.17, 15) is 58.2 Å². The number of unbranched alkanes of at least 4 members (excludes halogenated alkanes) is 2. The number of fused-ring (bicyclic) bond motifs is 2. The molecule has 6 heterocycles. The number of pyridine rings is 1. The summed E-state index contributed by atoms with van der Waals surface area (Å²) in [5.74, 6) is -5.01. The van der Waals surface area contributed by atoms with Gasteiger partial charge in [-0.25, -0.2) is 24.4 Å². The van der Waals surface area contributed by atoms with Gasteiger partial charge < -0.3 is 46.3 Å². The number of thiazole rings is 1. The van der Waals surface area contributed by atoms with E-state index in [2.05, 4.69) is 39.7 Å². The Labute approximate surface area is 637 Å². The third kappa shape index (κ3) is 18.3. The van der Waals surface area contributed by atoms with Crippen molar-refractivity contribution < 1.29 is 67.6 Å². The molecule has 4 atom stereocenters. The van der Waals surface area contributed by atoms with Crippen LogP contribution < -0.4 is 37.2 Å². The summed E-state index contributed by atoms with van der Waals surface area (Å²) in [6.07, 6.45) is 13.6. The molecule has 3 aromatic heterocycles. The summed E-state index contributed by atoms with van der Waals surface area (Å²) in [5, 5.41) is 34.1. The Balaban J connectivity index is 0.635. The maximum absolute atomic E-state index is 14.0. The fraction of sp³-hybridized carbons (Fsp3) is 0.512. The molecule has 9 N–H and O–H groups in total. The Hall–Kier alpha value is -9.97. The van der Waals surface area contributed by atoms with E-state index >= 15 is 0 Å². The molecule has 580 valence electrons. The van der Waals surface area contributed by atoms with E-state index in [1.165, 1.54) is 23.5 Å². The number of hydrogen-bond acceptors (Lipinski definition) is 19. The number of nitrogens with zero attached hydrogens (tertiary/aromatic N) is 9. The maximum atomic E-state index is 14.0. The summed E-state index contributed by atoms with van der Waals surface area (Å²) in [6, 6.07) is 20.2. The van der Waals surface area contributed by atoms with Crippen LogP contribution in [0.25, 0.3) is 21.3 Å². The van der Waals surface area contributed by atoms with E-state index in [0.29, 0.717) is 131 Å². The van der Waals surface area contributed by atoms with Crippen LogP contribution in [0.15, 0.2) is 97.2 Å². The first-order valence-electron chi connectivity index (χ1n) is 38.0. The fourth-order valence-corrected chi connectivity index (χ4v) is 19.6. The molecule has 2 unspecified atom stereocenters. The molecule has 109 heavy (non-hydrogen) atoms. The van der Waals surface area contributed by atoms with Crippen LogP contribution in [0, 0.1) is 29.1 Å². The average molecular weight is 1510 g/mol. The molecular weight excluding hydrogens is 1410 g/mol. The van der Waals surface area contributed by atoms with Gasteiger partial charge in [0.2, 0.25) is 17.7 Å². The summed E-state index contributed by atoms with van der Waals surface area (Å²) >= 11 is 1.41. The minimum absolute atomic E-state index is 0.00467. The third-order valence-corrected chi connectivity index (χ3v) is 23.6. The van der Waals surface area contributed by atoms with Crippen molar-refractivity contribution in [2.45, 2.75) is 187 Å². The highest BCUT2D eigenvalue weighted by Gasteiger charge is 2.66. The number of aromatic nitrogens is 4. The van der Waals surface area contributed by atoms with Crippen molar-refractivity contribution in [3.05, 3.63) is 131 Å². The molecule has 7 aliphatic rings. The Morgan fingerprint density at radius 1 is 0.780 bits per heavy atom. The van der Waals surface area contributed by atoms with Gasteiger partial charge in [0.1, 0.15) is 24.5 Å². The third-order valence-electron chi connectivity index (χ3n) is 22.6. The average Bonchev–Trinajstić information content (AvgIpc) is 0.961. The number of primary amides is 1. The second kappa shape index (κ2) is 33.5. The normalized spacial score (nSPS) is 21.4. The number of carboxylic acid groups (broad SMARTS) is 2. The van der Waals surface area contributed by atoms with E-state index in [4.69, 9.17) is 31.0 Å². The van der Waals surface area contributed by atoms with Gasteiger partial charge in [-0.15, -0.1) is 0 Å². The van der Waals surface area contributed by atoms with E-state index in [-0.39, 0.29) is 96.8 Å². The van der Waals surface area contributed by atoms with E-state index < -0.39 is 65.4 Å². The van der Waals surface area contributed by atoms with Crippen LogP contribution in [0.2, 0.25) is 0 Å². The van der Waals surface area contributed by atoms with Crippen molar-refractivity contribution in [3.63, 3.8) is 0 Å². The number of piperidine rings is 1. The molecule has 0 spiro atoms. The highest BCUT2D eigenvalue weighted by atomic mass is 32.1. The van der Waals surface area contributed by atoms with Crippen LogP contribution in [0.5, 0.6) is 0 Å². The number of amides is 9. The van der Waals surface area contributed by atoms with Crippen molar-refractivity contribution in [1.82, 2.24) is 45.1 Å². The smallest absolute Gasteiger partial charge is 0.410 e. The number of imide groups is 2. The standard InChI is InChI=1S/C80H100N14O14S/c1-50(2)68(86-64(95)19-7-6-10-34-92-65(96)27-28-66(92)97)72(102)87-71(101)61(17-12-32-81)94(74(82)105)55-23-21-52(22-24-55)42-107-76(106)90-36-30-54(31-37-90)89(33-13-20-67(98)99)38-39-108-80-46-77(4)43-78(5,47-80)45-79(44-77,48-80)49-93-51(3)58(40-83-93)56-25-26-63(85-69(56)73(103)104)91-35-29-53-14-11-15-57(59(53)41-91)70(100)88-75-84-60-16-8-9-18-62(60)109-75/h8-9,11,14-16,18,21-28,40,50,54,61,68H,6-7,10,12-13,17,19-20,29-39,41-49,81H2,1-5H3,(H2,82,105)(H,86,95)(H,98,99)(H,103,104)(H,84,88,100)(H,87,101,102)/t61-,68-,77?,78?,79?,80?/m0/s1. The predicted octanol–water partition coefficient (Wildman–Crippen LogP) is 9.74. The number of likely N-dealkylation sites (tertiary alicyclic amines) is 1. The van der Waals surface area contributed by atoms with Gasteiger partial charge in [0.15, 0.2) is 10.8 Å². The topological polar surface area (TPSA) is 378 Å². The largest absolute Gasteiger partial charge is 0.481 e. The molecule has 1 saturated heterocycles. The van der Waals surface area contributed by atoms with Crippen LogP contribution in [0.4, 0.5) is 26.2 Å². The number of aromatic carboxylic acids is 1. The number of nitrogens with one attached hydrogen (secondary N) is 3. The predicted molar refractivity (Wildman–Crippen MR) is 409 cm³/mol. The monoisotopic (exact) mass is 1510 g/mol. The Bertz CT molecular complexity index is 4400. The van der Waals surface area contributed by atoms with Crippen molar-refractivity contribution >= 4 is 97.7 Å². The van der Waals surface area contributed by atoms with Gasteiger partial charge in [-0.2, -0.15) is 5.10 Å². The van der Waals surface area contributed by atoms with Crippen molar-refractivity contribution in [2.75, 3.05) is 67.5 Å². The maximum Gasteiger partial charge on any atom is 0.410 e. The first-order valence-corrected chi connectivity index (χ1v) is 38.8. The minimum Gasteiger partial charge on any atom is -0.481 e. The van der Waals surface area contributed by atoms with Gasteiger partial charge in [0.25, 0.3) is 17.7 Å². The van der Waals surface area contributed by atoms with E-state index in [1.807, 2.05) is 71.1 Å². The molecule has 4 bridgehead atoms. The zero-order chi connectivity index (χ0) is 77.5. The second-order valence-electron chi connectivity index (χ2n) is 31.7. The summed E-state index contributed by atoms with van der Waals surface area (Å²) in [4.78, 5) is 148. The molecular formula is C80H100N14O14S. The van der Waals surface area contributed by atoms with Crippen LogP contribution in [0.1, 0.15) is 174 Å². The van der Waals surface area contributed by atoms with E-state index in [1.54, 1.807) is 49.2 Å². The second-order valence-corrected chi connectivity index (χ2v) is 32.7. The number of ether oxygens (including phenoxy) is 2. The number of rotatable bonds is 33. The fourth-order valence-electron chi connectivity index (χ4n) is 18.7. The molecule has 28 nitrogen and oxygen atoms in total. The molecule has 6 aromatic rings. The van der Waals surface area contributed by atoms with Crippen LogP contribution in [-0.2, 0) is 64.4 Å². The van der Waals surface area contributed by atoms with Crippen molar-refractivity contribution in [1.29, 1.82) is 0 Å². The molecule has 13 rings (SSSR count). The molecule has 4 aliphatic carbocycles. The lowest BCUT2D eigenvalue weighted by molar-refractivity contribution is -0.249. The molecule has 0 radical (unpaired) electrons. The zero-order valence-corrected chi connectivity index (χ0v) is 63.5. The Morgan fingerprint density at radius 3 is 2.20 bits per heavy atom. The summed E-state index contributed by atoms with van der Waals surface area (Å²) < 4.78 is 16.1. The lowest BCUT2D eigenvalue weighted by atomic mass is 9.39. The van der Waals surface area contributed by atoms with Gasteiger partial charge in [0, 0.05) is 105 Å². The van der Waals surface area contributed by atoms with Gasteiger partial charge in [0.05, 0.1) is 28.6 Å². The number of nitrogens with two attached hydrogens (primary N) is 2. The number of anilines is 3. The van der Waals surface area contributed by atoms with Gasteiger partial charge >= 0.3 is 24.1 Å². The summed E-state index contributed by atoms with van der Waals surface area (Å²) in [6.45, 7) is 14.4. The lowest BCUT2D eigenvalue weighted by Gasteiger charge is -2.69. The van der Waals surface area contributed by atoms with Crippen molar-refractivity contribution in [3.8, 4) is 11.1 Å².